The zero-order valence-corrected chi connectivity index (χ0v) is 103. The van der Waals surface area contributed by atoms with Gasteiger partial charge in [0, 0.05) is 79.9 Å². The Morgan fingerprint density at radius 3 is 0.951 bits per heavy atom. The van der Waals surface area contributed by atoms with Crippen LogP contribution in [0.25, 0.3) is 82.0 Å². The third-order valence-corrected chi connectivity index (χ3v) is 26.5. The van der Waals surface area contributed by atoms with Crippen LogP contribution in [0.15, 0.2) is 317 Å². The van der Waals surface area contributed by atoms with Gasteiger partial charge in [-0.1, -0.05) is 511 Å². The first-order valence-corrected chi connectivity index (χ1v) is 51.1. The van der Waals surface area contributed by atoms with Gasteiger partial charge in [-0.2, -0.15) is 6.42 Å². The molecule has 9 heteroatoms. The van der Waals surface area contributed by atoms with E-state index in [0.29, 0.717) is 59.7 Å². The molecule has 754 valence electrons. The average Bonchev–Trinajstić information content (AvgIpc) is 0.759. The Labute approximate surface area is 931 Å². The molecule has 15 rings (SSSR count). The minimum absolute atomic E-state index is 0. The second-order valence-electron chi connectivity index (χ2n) is 39.5. The van der Waals surface area contributed by atoms with Gasteiger partial charge in [-0.05, 0) is 158 Å². The monoisotopic (exact) mass is 2410 g/mol. The third kappa shape index (κ3) is 32.4. The van der Waals surface area contributed by atoms with Gasteiger partial charge in [0.2, 0.25) is 0 Å². The number of pyridine rings is 3. The van der Waals surface area contributed by atoms with Crippen molar-refractivity contribution in [3.05, 3.63) is 478 Å². The molecule has 4 unspecified atom stereocenters. The van der Waals surface area contributed by atoms with Gasteiger partial charge in [0.05, 0.1) is 11.4 Å². The zero-order valence-electron chi connectivity index (χ0n) is 91.8. The molecule has 15 aromatic rings. The van der Waals surface area contributed by atoms with Crippen molar-refractivity contribution >= 4 is 49.4 Å². The summed E-state index contributed by atoms with van der Waals surface area (Å²) in [5, 5.41) is 24.2. The summed E-state index contributed by atoms with van der Waals surface area (Å²) in [5.74, 6) is 3.49. The van der Waals surface area contributed by atoms with Gasteiger partial charge >= 0.3 is 25.8 Å². The first-order chi connectivity index (χ1) is 66.3. The molecule has 0 saturated heterocycles. The van der Waals surface area contributed by atoms with Crippen molar-refractivity contribution in [3.63, 3.8) is 0 Å². The summed E-state index contributed by atoms with van der Waals surface area (Å²) in [5.41, 5.74) is 30.3. The zero-order chi connectivity index (χ0) is 98.4. The van der Waals surface area contributed by atoms with E-state index < -0.39 is 0 Å². The smallest absolute Gasteiger partial charge is 0.673 e. The number of hydrogen-bond donors (Lipinski definition) is 0. The molecular formula is C135H166Hf3N6-6. The number of para-hydroxylation sites is 3. The molecule has 12 aromatic carbocycles. The fourth-order valence-electron chi connectivity index (χ4n) is 19.1. The van der Waals surface area contributed by atoms with Crippen LogP contribution in [0.5, 0.6) is 0 Å². The summed E-state index contributed by atoms with van der Waals surface area (Å²) < 4.78 is 0. The molecule has 6 nitrogen and oxygen atoms in total. The van der Waals surface area contributed by atoms with Crippen LogP contribution in [-0.2, 0) is 84.0 Å². The minimum atomic E-state index is -0.242. The summed E-state index contributed by atoms with van der Waals surface area (Å²) in [7, 11) is 0. The van der Waals surface area contributed by atoms with Crippen LogP contribution in [0.1, 0.15) is 375 Å². The van der Waals surface area contributed by atoms with Crippen molar-refractivity contribution in [3.8, 4) is 33.8 Å². The molecule has 144 heavy (non-hydrogen) atoms. The van der Waals surface area contributed by atoms with Gasteiger partial charge in [0.15, 0.2) is 0 Å². The fraction of sp³-hybridized carbons (Fsp3) is 0.326. The van der Waals surface area contributed by atoms with Gasteiger partial charge in [0.1, 0.15) is 0 Å². The third-order valence-electron chi connectivity index (χ3n) is 26.5. The number of rotatable bonds is 36. The van der Waals surface area contributed by atoms with E-state index in [2.05, 4.69) is 456 Å². The van der Waals surface area contributed by atoms with E-state index in [9.17, 15) is 0 Å². The Morgan fingerprint density at radius 1 is 0.306 bits per heavy atom. The first-order valence-electron chi connectivity index (χ1n) is 51.1. The topological polar surface area (TPSA) is 81.0 Å². The number of unbranched alkanes of at least 4 members (excludes halogenated alkanes) is 7. The summed E-state index contributed by atoms with van der Waals surface area (Å²) in [6.45, 7) is 63.8. The Balaban J connectivity index is 0.000000421. The van der Waals surface area contributed by atoms with Crippen molar-refractivity contribution in [2.45, 2.75) is 286 Å². The van der Waals surface area contributed by atoms with E-state index in [4.69, 9.17) is 37.8 Å². The van der Waals surface area contributed by atoms with Crippen LogP contribution < -0.4 is 0 Å². The quantitative estimate of drug-likeness (QED) is 0.0170. The van der Waals surface area contributed by atoms with Crippen LogP contribution in [-0.4, -0.2) is 15.0 Å². The molecule has 0 saturated carbocycles. The van der Waals surface area contributed by atoms with Crippen molar-refractivity contribution in [2.24, 2.45) is 0 Å². The van der Waals surface area contributed by atoms with Gasteiger partial charge in [0.25, 0.3) is 0 Å². The second kappa shape index (κ2) is 63.1. The van der Waals surface area contributed by atoms with E-state index >= 15 is 0 Å². The molecule has 4 atom stereocenters. The van der Waals surface area contributed by atoms with Crippen LogP contribution in [0.4, 0.5) is 17.1 Å². The molecule has 0 N–H and O–H groups in total. The second-order valence-corrected chi connectivity index (χ2v) is 39.5. The molecule has 0 radical (unpaired) electrons. The number of benzene rings is 12. The molecule has 0 spiro atoms. The summed E-state index contributed by atoms with van der Waals surface area (Å²) >= 11 is 0. The normalized spacial score (nSPS) is 11.7. The maximum Gasteiger partial charge on any atom is 4.00 e. The van der Waals surface area contributed by atoms with Gasteiger partial charge < -0.3 is 64.5 Å². The van der Waals surface area contributed by atoms with E-state index in [1.165, 1.54) is 174 Å². The fourth-order valence-corrected chi connectivity index (χ4v) is 19.1. The molecular weight excluding hydrogens is 2240 g/mol. The van der Waals surface area contributed by atoms with Crippen LogP contribution in [0.2, 0.25) is 0 Å². The number of hydrogen-bond acceptors (Lipinski definition) is 3. The van der Waals surface area contributed by atoms with Gasteiger partial charge in [-0.25, -0.2) is 0 Å². The van der Waals surface area contributed by atoms with Crippen molar-refractivity contribution in [1.29, 1.82) is 0 Å². The molecule has 0 aliphatic carbocycles. The largest absolute Gasteiger partial charge is 4.00 e. The van der Waals surface area contributed by atoms with Crippen molar-refractivity contribution < 1.29 is 77.5 Å². The van der Waals surface area contributed by atoms with Gasteiger partial charge in [-0.3, -0.25) is 9.97 Å². The SMILES string of the molecule is C=C.C=CCCCCCC.CC(C)c1ccccc1C([N-]c1c(C(C)C)cccc1C(C)C)c1cccc(-c2[c-]ccc3ccccc23)n1.[CH2-]C(CCCCCC)c1ccc2ccccc2c1-c1cccc(C([N-]c2c(C(C)C)cccc2C(C)C)c2ccccc2C(C)C)n1.[CH2-]Cc1ccc2ccccc2c1-c1cccc(C([N-]c2c(C(C)C)cccc2C(C)C)c2ccccc2C(C)C)n1.[CH3-].[CH3-].[CH3-].[CH3-].[Hf+4].[Hf].[Hf]. The molecule has 0 fully saturated rings. The number of nitrogens with zero attached hydrogens (tertiary/aromatic N) is 6. The Morgan fingerprint density at radius 2 is 0.597 bits per heavy atom. The predicted octanol–water partition coefficient (Wildman–Crippen LogP) is 42.0. The van der Waals surface area contributed by atoms with Crippen LogP contribution >= 0.6 is 0 Å². The number of aromatic nitrogens is 3. The Kier molecular flexibility index (Phi) is 55.5. The van der Waals surface area contributed by atoms with Crippen molar-refractivity contribution in [2.75, 3.05) is 0 Å². The predicted molar refractivity (Wildman–Crippen MR) is 622 cm³/mol. The van der Waals surface area contributed by atoms with Crippen LogP contribution in [0.3, 0.4) is 0 Å². The van der Waals surface area contributed by atoms with E-state index in [0.717, 1.165) is 68.6 Å². The number of fused-ring (bicyclic) bond motifs is 3. The molecule has 0 bridgehead atoms. The molecule has 0 aliphatic heterocycles. The molecule has 0 aliphatic rings. The van der Waals surface area contributed by atoms with E-state index in [1.807, 2.05) is 12.1 Å². The van der Waals surface area contributed by atoms with Crippen molar-refractivity contribution in [1.82, 2.24) is 15.0 Å². The molecule has 0 amide bonds. The molecule has 3 aromatic heterocycles. The Bertz CT molecular complexity index is 6290. The summed E-state index contributed by atoms with van der Waals surface area (Å²) in [4.78, 5) is 16.2. The Hall–Kier alpha value is -9.64. The number of allylic oxidation sites excluding steroid dienone is 1. The maximum atomic E-state index is 5.72. The summed E-state index contributed by atoms with van der Waals surface area (Å²) in [6.07, 6.45) is 15.4. The molecule has 3 heterocycles. The average molecular weight is 2410 g/mol. The van der Waals surface area contributed by atoms with Gasteiger partial charge in [-0.15, -0.1) is 71.9 Å². The standard InChI is InChI=1S/C45H54N2.C39H42N2.C37H38N2.C8H16.C2H4.4CH3.3Hf/c1-9-10-11-12-19-33(8)38-29-28-34-20-13-14-22-39(34)43(38)41-26-18-27-42(46-41)45(40-23-16-15-21-35(40)30(2)3)47-44-36(31(4)5)24-17-25-37(44)32(6)7;1-8-28-23-24-29-15-9-10-17-33(29)37(28)35-21-14-22-36(40-35)39(34-18-12-11-16-30(34)25(2)3)41-38-31(26(4)5)19-13-20-32(38)27(6)7;1-24(2)28-16-9-10-18-33(28)37(39-36-29(25(3)4)19-12-20-30(36)26(5)6)35-23-13-22-34(38-35)32-21-11-15-27-14-7-8-17-31(27)32;1-3-5-7-8-6-4-2;1-2;;;;;;;/h13-18,20-33,45H,8-12,19H2,1-7H3;9-27,39H,1,8H2,2-7H3;7-20,22-26,37H,1-6H3;3H,1,4-8H2,2H3;1-2H2;4*1H3;;;/q3*-2;;;4*-1;;;+4. The minimum Gasteiger partial charge on any atom is -0.673 e. The summed E-state index contributed by atoms with van der Waals surface area (Å²) in [6, 6.07) is 107. The van der Waals surface area contributed by atoms with Crippen LogP contribution in [0, 0.1) is 49.6 Å². The van der Waals surface area contributed by atoms with E-state index in [-0.39, 0.29) is 131 Å². The van der Waals surface area contributed by atoms with E-state index in [1.54, 1.807) is 0 Å². The maximum absolute atomic E-state index is 5.72. The first kappa shape index (κ1) is 127.